The van der Waals surface area contributed by atoms with Crippen molar-refractivity contribution >= 4 is 39.1 Å². The Morgan fingerprint density at radius 2 is 2.18 bits per heavy atom. The third-order valence-electron chi connectivity index (χ3n) is 2.11. The highest BCUT2D eigenvalue weighted by molar-refractivity contribution is 9.11. The zero-order valence-corrected chi connectivity index (χ0v) is 11.9. The molecule has 0 aliphatic rings. The van der Waals surface area contributed by atoms with Crippen LogP contribution in [0.25, 0.3) is 0 Å². The van der Waals surface area contributed by atoms with E-state index in [4.69, 9.17) is 0 Å². The van der Waals surface area contributed by atoms with E-state index in [1.54, 1.807) is 11.3 Å². The van der Waals surface area contributed by atoms with Crippen molar-refractivity contribution < 1.29 is 14.3 Å². The molecule has 1 rings (SSSR count). The Morgan fingerprint density at radius 1 is 1.41 bits per heavy atom. The molecule has 1 amide bonds. The standard InChI is InChI=1S/C11H14BrNO3S/c1-16-11(15)5-4-10(14)13-7-6-8-2-3-9(12)17-8/h2-3H,4-7H2,1H3,(H,13,14). The first kappa shape index (κ1) is 14.2. The fourth-order valence-corrected chi connectivity index (χ4v) is 2.70. The molecule has 4 nitrogen and oxygen atoms in total. The first-order valence-electron chi connectivity index (χ1n) is 5.19. The molecule has 1 N–H and O–H groups in total. The summed E-state index contributed by atoms with van der Waals surface area (Å²) in [6.45, 7) is 0.590. The number of carbonyl (C=O) groups excluding carboxylic acids is 2. The topological polar surface area (TPSA) is 55.4 Å². The summed E-state index contributed by atoms with van der Waals surface area (Å²) >= 11 is 5.03. The number of hydrogen-bond acceptors (Lipinski definition) is 4. The summed E-state index contributed by atoms with van der Waals surface area (Å²) in [5.41, 5.74) is 0. The summed E-state index contributed by atoms with van der Waals surface area (Å²) in [5, 5.41) is 2.76. The van der Waals surface area contributed by atoms with Gasteiger partial charge in [0, 0.05) is 17.8 Å². The van der Waals surface area contributed by atoms with Crippen LogP contribution < -0.4 is 5.32 Å². The zero-order chi connectivity index (χ0) is 12.7. The molecule has 0 bridgehead atoms. The monoisotopic (exact) mass is 319 g/mol. The van der Waals surface area contributed by atoms with E-state index in [0.717, 1.165) is 10.2 Å². The lowest BCUT2D eigenvalue weighted by atomic mass is 10.3. The highest BCUT2D eigenvalue weighted by atomic mass is 79.9. The second-order valence-corrected chi connectivity index (χ2v) is 5.93. The van der Waals surface area contributed by atoms with Crippen LogP contribution in [0.2, 0.25) is 0 Å². The molecular weight excluding hydrogens is 306 g/mol. The minimum absolute atomic E-state index is 0.119. The molecule has 0 atom stereocenters. The number of nitrogens with one attached hydrogen (secondary N) is 1. The van der Waals surface area contributed by atoms with E-state index >= 15 is 0 Å². The van der Waals surface area contributed by atoms with Gasteiger partial charge in [0.1, 0.15) is 0 Å². The number of thiophene rings is 1. The van der Waals surface area contributed by atoms with E-state index in [1.165, 1.54) is 12.0 Å². The average Bonchev–Trinajstić information content (AvgIpc) is 2.72. The van der Waals surface area contributed by atoms with Crippen molar-refractivity contribution in [3.63, 3.8) is 0 Å². The molecule has 0 saturated carbocycles. The Morgan fingerprint density at radius 3 is 2.76 bits per heavy atom. The number of methoxy groups -OCH3 is 1. The lowest BCUT2D eigenvalue weighted by Gasteiger charge is -2.03. The van der Waals surface area contributed by atoms with E-state index in [-0.39, 0.29) is 24.7 Å². The summed E-state index contributed by atoms with van der Waals surface area (Å²) in [7, 11) is 1.31. The number of rotatable bonds is 6. The van der Waals surface area contributed by atoms with Gasteiger partial charge < -0.3 is 10.1 Å². The molecule has 1 aromatic rings. The molecule has 94 valence electrons. The molecule has 0 aliphatic heterocycles. The second kappa shape index (κ2) is 7.45. The minimum atomic E-state index is -0.359. The number of hydrogen-bond donors (Lipinski definition) is 1. The molecule has 1 aromatic heterocycles. The highest BCUT2D eigenvalue weighted by Gasteiger charge is 2.06. The Kier molecular flexibility index (Phi) is 6.21. The SMILES string of the molecule is COC(=O)CCC(=O)NCCc1ccc(Br)s1. The minimum Gasteiger partial charge on any atom is -0.469 e. The molecule has 0 spiro atoms. The first-order valence-corrected chi connectivity index (χ1v) is 6.80. The fraction of sp³-hybridized carbons (Fsp3) is 0.455. The molecule has 17 heavy (non-hydrogen) atoms. The predicted octanol–water partition coefficient (Wildman–Crippen LogP) is 2.12. The molecule has 1 heterocycles. The van der Waals surface area contributed by atoms with Crippen LogP contribution in [-0.2, 0) is 20.7 Å². The second-order valence-electron chi connectivity index (χ2n) is 3.38. The number of amides is 1. The number of halogens is 1. The van der Waals surface area contributed by atoms with Gasteiger partial charge in [-0.1, -0.05) is 0 Å². The number of carbonyl (C=O) groups is 2. The van der Waals surface area contributed by atoms with Gasteiger partial charge in [-0.15, -0.1) is 11.3 Å². The molecule has 0 aliphatic carbocycles. The molecule has 0 radical (unpaired) electrons. The van der Waals surface area contributed by atoms with Crippen molar-refractivity contribution in [2.45, 2.75) is 19.3 Å². The van der Waals surface area contributed by atoms with Gasteiger partial charge in [0.25, 0.3) is 0 Å². The third kappa shape index (κ3) is 5.83. The quantitative estimate of drug-likeness (QED) is 0.817. The number of esters is 1. The van der Waals surface area contributed by atoms with E-state index in [2.05, 4.69) is 26.0 Å². The maximum Gasteiger partial charge on any atom is 0.306 e. The summed E-state index contributed by atoms with van der Waals surface area (Å²) in [6.07, 6.45) is 1.12. The Bertz CT molecular complexity index is 392. The third-order valence-corrected chi connectivity index (χ3v) is 3.79. The van der Waals surface area contributed by atoms with Crippen LogP contribution in [0.5, 0.6) is 0 Å². The van der Waals surface area contributed by atoms with Gasteiger partial charge >= 0.3 is 5.97 Å². The van der Waals surface area contributed by atoms with Gasteiger partial charge in [0.15, 0.2) is 0 Å². The van der Waals surface area contributed by atoms with Crippen LogP contribution in [0.1, 0.15) is 17.7 Å². The van der Waals surface area contributed by atoms with Crippen molar-refractivity contribution in [1.82, 2.24) is 5.32 Å². The Labute approximate surface area is 112 Å². The van der Waals surface area contributed by atoms with Gasteiger partial charge in [-0.2, -0.15) is 0 Å². The van der Waals surface area contributed by atoms with Crippen molar-refractivity contribution in [2.75, 3.05) is 13.7 Å². The normalized spacial score (nSPS) is 10.0. The van der Waals surface area contributed by atoms with Crippen LogP contribution in [0, 0.1) is 0 Å². The summed E-state index contributed by atoms with van der Waals surface area (Å²) < 4.78 is 5.54. The maximum absolute atomic E-state index is 11.3. The van der Waals surface area contributed by atoms with Gasteiger partial charge in [-0.25, -0.2) is 0 Å². The Hall–Kier alpha value is -0.880. The van der Waals surface area contributed by atoms with E-state index in [1.807, 2.05) is 12.1 Å². The number of ether oxygens (including phenoxy) is 1. The molecule has 0 saturated heterocycles. The van der Waals surface area contributed by atoms with Crippen molar-refractivity contribution in [1.29, 1.82) is 0 Å². The summed E-state index contributed by atoms with van der Waals surface area (Å²) in [5.74, 6) is -0.478. The van der Waals surface area contributed by atoms with Gasteiger partial charge in [0.2, 0.25) is 5.91 Å². The predicted molar refractivity (Wildman–Crippen MR) is 70.0 cm³/mol. The van der Waals surface area contributed by atoms with Crippen molar-refractivity contribution in [2.24, 2.45) is 0 Å². The smallest absolute Gasteiger partial charge is 0.306 e. The van der Waals surface area contributed by atoms with E-state index in [9.17, 15) is 9.59 Å². The summed E-state index contributed by atoms with van der Waals surface area (Å²) in [4.78, 5) is 23.4. The lowest BCUT2D eigenvalue weighted by molar-refractivity contribution is -0.142. The molecule has 0 aromatic carbocycles. The van der Waals surface area contributed by atoms with Crippen LogP contribution in [0.15, 0.2) is 15.9 Å². The lowest BCUT2D eigenvalue weighted by Crippen LogP contribution is -2.25. The fourth-order valence-electron chi connectivity index (χ4n) is 1.22. The Balaban J connectivity index is 2.14. The molecule has 6 heteroatoms. The van der Waals surface area contributed by atoms with E-state index in [0.29, 0.717) is 6.54 Å². The van der Waals surface area contributed by atoms with Gasteiger partial charge in [-0.05, 0) is 34.5 Å². The van der Waals surface area contributed by atoms with Crippen LogP contribution in [-0.4, -0.2) is 25.5 Å². The van der Waals surface area contributed by atoms with Gasteiger partial charge in [0.05, 0.1) is 17.3 Å². The highest BCUT2D eigenvalue weighted by Crippen LogP contribution is 2.21. The average molecular weight is 320 g/mol. The van der Waals surface area contributed by atoms with Crippen molar-refractivity contribution in [3.05, 3.63) is 20.8 Å². The molecule has 0 unspecified atom stereocenters. The van der Waals surface area contributed by atoms with Crippen LogP contribution in [0.3, 0.4) is 0 Å². The molecular formula is C11H14BrNO3S. The summed E-state index contributed by atoms with van der Waals surface area (Å²) in [6, 6.07) is 4.01. The van der Waals surface area contributed by atoms with Crippen LogP contribution >= 0.6 is 27.3 Å². The first-order chi connectivity index (χ1) is 8.11. The largest absolute Gasteiger partial charge is 0.469 e. The van der Waals surface area contributed by atoms with Crippen molar-refractivity contribution in [3.8, 4) is 0 Å². The van der Waals surface area contributed by atoms with Gasteiger partial charge in [-0.3, -0.25) is 9.59 Å². The van der Waals surface area contributed by atoms with E-state index < -0.39 is 0 Å². The zero-order valence-electron chi connectivity index (χ0n) is 9.49. The molecule has 0 fully saturated rings. The maximum atomic E-state index is 11.3. The van der Waals surface area contributed by atoms with Crippen LogP contribution in [0.4, 0.5) is 0 Å².